The molecule has 1 fully saturated rings. The van der Waals surface area contributed by atoms with Crippen LogP contribution in [0.4, 0.5) is 0 Å². The lowest BCUT2D eigenvalue weighted by molar-refractivity contribution is 0.0624. The topological polar surface area (TPSA) is 49.3 Å². The fourth-order valence-electron chi connectivity index (χ4n) is 3.72. The Morgan fingerprint density at radius 3 is 2.70 bits per heavy atom. The summed E-state index contributed by atoms with van der Waals surface area (Å²) in [5, 5.41) is 3.85. The number of fused-ring (bicyclic) bond motifs is 1. The zero-order valence-electron chi connectivity index (χ0n) is 16.1. The van der Waals surface area contributed by atoms with Crippen LogP contribution in [0.25, 0.3) is 20.8 Å². The van der Waals surface area contributed by atoms with E-state index in [-0.39, 0.29) is 5.91 Å². The van der Waals surface area contributed by atoms with Gasteiger partial charge in [0, 0.05) is 49.7 Å². The summed E-state index contributed by atoms with van der Waals surface area (Å²) >= 11 is 8.98. The minimum absolute atomic E-state index is 0.00614. The van der Waals surface area contributed by atoms with Gasteiger partial charge in [-0.05, 0) is 23.8 Å². The normalized spacial score (nSPS) is 15.0. The monoisotopic (exact) mass is 454 g/mol. The maximum absolute atomic E-state index is 12.9. The third kappa shape index (κ3) is 3.98. The molecule has 30 heavy (non-hydrogen) atoms. The molecule has 152 valence electrons. The molecule has 0 saturated carbocycles. The predicted octanol–water partition coefficient (Wildman–Crippen LogP) is 5.03. The number of hydrogen-bond donors (Lipinski definition) is 0. The molecule has 0 N–H and O–H groups in total. The lowest BCUT2D eigenvalue weighted by Gasteiger charge is -2.34. The number of nitrogens with zero attached hydrogens (tertiary/aromatic N) is 4. The van der Waals surface area contributed by atoms with Crippen LogP contribution in [0.2, 0.25) is 4.34 Å². The van der Waals surface area contributed by atoms with E-state index in [0.29, 0.717) is 18.8 Å². The molecule has 1 saturated heterocycles. The van der Waals surface area contributed by atoms with Crippen LogP contribution >= 0.6 is 34.3 Å². The van der Waals surface area contributed by atoms with E-state index in [4.69, 9.17) is 11.6 Å². The Labute approximate surface area is 187 Å². The van der Waals surface area contributed by atoms with E-state index < -0.39 is 0 Å². The third-order valence-electron chi connectivity index (χ3n) is 5.28. The first-order chi connectivity index (χ1) is 14.7. The van der Waals surface area contributed by atoms with Crippen molar-refractivity contribution in [3.63, 3.8) is 0 Å². The lowest BCUT2D eigenvalue weighted by atomic mass is 10.1. The third-order valence-corrected chi connectivity index (χ3v) is 7.52. The Kier molecular flexibility index (Phi) is 5.52. The van der Waals surface area contributed by atoms with Crippen LogP contribution in [0.3, 0.4) is 0 Å². The average molecular weight is 455 g/mol. The molecule has 1 aliphatic heterocycles. The molecule has 0 bridgehead atoms. The van der Waals surface area contributed by atoms with E-state index in [1.165, 1.54) is 28.2 Å². The van der Waals surface area contributed by atoms with Crippen LogP contribution < -0.4 is 0 Å². The number of para-hydroxylation sites is 1. The van der Waals surface area contributed by atoms with Crippen molar-refractivity contribution in [2.24, 2.45) is 0 Å². The number of pyridine rings is 1. The predicted molar refractivity (Wildman–Crippen MR) is 123 cm³/mol. The second-order valence-electron chi connectivity index (χ2n) is 7.20. The van der Waals surface area contributed by atoms with E-state index >= 15 is 0 Å². The summed E-state index contributed by atoms with van der Waals surface area (Å²) in [6.45, 7) is 3.93. The van der Waals surface area contributed by atoms with Gasteiger partial charge in [0.05, 0.1) is 14.7 Å². The van der Waals surface area contributed by atoms with E-state index in [0.717, 1.165) is 44.8 Å². The van der Waals surface area contributed by atoms with Gasteiger partial charge in [0.2, 0.25) is 0 Å². The summed E-state index contributed by atoms with van der Waals surface area (Å²) in [6, 6.07) is 14.2. The van der Waals surface area contributed by atoms with Crippen molar-refractivity contribution in [1.29, 1.82) is 0 Å². The van der Waals surface area contributed by atoms with Crippen LogP contribution in [0, 0.1) is 0 Å². The maximum Gasteiger partial charge on any atom is 0.273 e. The number of thiazole rings is 1. The molecule has 1 aliphatic rings. The number of thiophene rings is 1. The molecule has 0 radical (unpaired) electrons. The molecule has 5 rings (SSSR count). The first-order valence-electron chi connectivity index (χ1n) is 9.73. The number of benzene rings is 1. The van der Waals surface area contributed by atoms with Crippen LogP contribution in [-0.4, -0.2) is 51.9 Å². The molecular formula is C22H19ClN4OS2. The number of piperazine rings is 1. The largest absolute Gasteiger partial charge is 0.335 e. The van der Waals surface area contributed by atoms with Gasteiger partial charge in [-0.15, -0.1) is 22.7 Å². The van der Waals surface area contributed by atoms with Crippen LogP contribution in [0.15, 0.2) is 54.0 Å². The fourth-order valence-corrected chi connectivity index (χ4v) is 5.63. The van der Waals surface area contributed by atoms with Crippen molar-refractivity contribution in [2.75, 3.05) is 26.2 Å². The Morgan fingerprint density at radius 2 is 1.90 bits per heavy atom. The number of amides is 1. The highest BCUT2D eigenvalue weighted by Gasteiger charge is 2.24. The highest BCUT2D eigenvalue weighted by Crippen LogP contribution is 2.33. The molecule has 4 aromatic rings. The van der Waals surface area contributed by atoms with Gasteiger partial charge in [-0.3, -0.25) is 14.7 Å². The standard InChI is InChI=1S/C22H19ClN4OS2/c23-19-7-6-18(30-19)21-25-17(14-29-21)22(28)27-11-9-26(10-12-27)13-16-4-1-3-15-5-2-8-24-20(15)16/h1-8,14H,9-13H2. The molecule has 0 atom stereocenters. The highest BCUT2D eigenvalue weighted by molar-refractivity contribution is 7.23. The van der Waals surface area contributed by atoms with Gasteiger partial charge in [0.15, 0.2) is 0 Å². The first-order valence-corrected chi connectivity index (χ1v) is 11.8. The summed E-state index contributed by atoms with van der Waals surface area (Å²) in [6.07, 6.45) is 1.84. The second kappa shape index (κ2) is 8.43. The smallest absolute Gasteiger partial charge is 0.273 e. The van der Waals surface area contributed by atoms with E-state index in [1.54, 1.807) is 0 Å². The SMILES string of the molecule is O=C(c1csc(-c2ccc(Cl)s2)n1)N1CCN(Cc2cccc3cccnc23)CC1. The molecule has 0 unspecified atom stereocenters. The van der Waals surface area contributed by atoms with Crippen molar-refractivity contribution in [1.82, 2.24) is 19.8 Å². The van der Waals surface area contributed by atoms with E-state index in [1.807, 2.05) is 34.7 Å². The zero-order valence-corrected chi connectivity index (χ0v) is 18.5. The van der Waals surface area contributed by atoms with Gasteiger partial charge >= 0.3 is 0 Å². The number of halogens is 1. The Bertz CT molecular complexity index is 1190. The molecule has 0 spiro atoms. The summed E-state index contributed by atoms with van der Waals surface area (Å²) < 4.78 is 0.727. The van der Waals surface area contributed by atoms with Gasteiger partial charge in [-0.1, -0.05) is 35.9 Å². The lowest BCUT2D eigenvalue weighted by Crippen LogP contribution is -2.48. The van der Waals surface area contributed by atoms with Crippen molar-refractivity contribution < 1.29 is 4.79 Å². The van der Waals surface area contributed by atoms with Crippen LogP contribution in [0.1, 0.15) is 16.1 Å². The second-order valence-corrected chi connectivity index (χ2v) is 9.78. The molecule has 1 amide bonds. The molecule has 0 aliphatic carbocycles. The molecule has 1 aromatic carbocycles. The Morgan fingerprint density at radius 1 is 1.07 bits per heavy atom. The first kappa shape index (κ1) is 19.6. The number of aromatic nitrogens is 2. The molecular weight excluding hydrogens is 436 g/mol. The van der Waals surface area contributed by atoms with Crippen LogP contribution in [-0.2, 0) is 6.54 Å². The molecule has 3 aromatic heterocycles. The fraction of sp³-hybridized carbons (Fsp3) is 0.227. The van der Waals surface area contributed by atoms with E-state index in [2.05, 4.69) is 39.1 Å². The highest BCUT2D eigenvalue weighted by atomic mass is 35.5. The quantitative estimate of drug-likeness (QED) is 0.434. The maximum atomic E-state index is 12.9. The van der Waals surface area contributed by atoms with Gasteiger partial charge in [-0.2, -0.15) is 0 Å². The summed E-state index contributed by atoms with van der Waals surface area (Å²) in [7, 11) is 0. The van der Waals surface area contributed by atoms with E-state index in [9.17, 15) is 4.79 Å². The van der Waals surface area contributed by atoms with Gasteiger partial charge in [-0.25, -0.2) is 4.98 Å². The minimum Gasteiger partial charge on any atom is -0.335 e. The Hall–Kier alpha value is -2.32. The van der Waals surface area contributed by atoms with Crippen molar-refractivity contribution in [3.05, 3.63) is 69.6 Å². The van der Waals surface area contributed by atoms with Crippen molar-refractivity contribution >= 4 is 51.1 Å². The molecule has 5 nitrogen and oxygen atoms in total. The summed E-state index contributed by atoms with van der Waals surface area (Å²) in [5.41, 5.74) is 2.81. The van der Waals surface area contributed by atoms with Gasteiger partial charge in [0.1, 0.15) is 10.7 Å². The average Bonchev–Trinajstić information content (AvgIpc) is 3.43. The van der Waals surface area contributed by atoms with Gasteiger partial charge < -0.3 is 4.90 Å². The zero-order chi connectivity index (χ0) is 20.5. The number of rotatable bonds is 4. The van der Waals surface area contributed by atoms with Crippen molar-refractivity contribution in [2.45, 2.75) is 6.54 Å². The molecule has 4 heterocycles. The van der Waals surface area contributed by atoms with Gasteiger partial charge in [0.25, 0.3) is 5.91 Å². The molecule has 8 heteroatoms. The number of carbonyl (C=O) groups excluding carboxylic acids is 1. The number of carbonyl (C=O) groups is 1. The number of hydrogen-bond acceptors (Lipinski definition) is 6. The van der Waals surface area contributed by atoms with Crippen LogP contribution in [0.5, 0.6) is 0 Å². The Balaban J connectivity index is 1.23. The minimum atomic E-state index is 0.00614. The summed E-state index contributed by atoms with van der Waals surface area (Å²) in [5.74, 6) is 0.00614. The van der Waals surface area contributed by atoms with Crippen molar-refractivity contribution in [3.8, 4) is 9.88 Å². The summed E-state index contributed by atoms with van der Waals surface area (Å²) in [4.78, 5) is 27.3.